The van der Waals surface area contributed by atoms with Gasteiger partial charge in [0.1, 0.15) is 11.6 Å². The van der Waals surface area contributed by atoms with Crippen molar-refractivity contribution >= 4 is 17.7 Å². The third-order valence-electron chi connectivity index (χ3n) is 3.71. The standard InChI is InChI=1S/C16H19F2N3O3/c17-11-3-4-12(13(18)9-11)16(24)20-10-14(22)19-6-5-15(23)21-7-1-2-8-21/h3-4,9H,1-2,5-8,10H2,(H,19,22)(H,20,24). The summed E-state index contributed by atoms with van der Waals surface area (Å²) in [6.07, 6.45) is 2.21. The number of carbonyl (C=O) groups excluding carboxylic acids is 3. The Morgan fingerprint density at radius 2 is 1.79 bits per heavy atom. The van der Waals surface area contributed by atoms with Crippen LogP contribution in [0.4, 0.5) is 8.78 Å². The molecule has 1 aromatic rings. The molecule has 1 saturated heterocycles. The Balaban J connectivity index is 1.68. The highest BCUT2D eigenvalue weighted by Gasteiger charge is 2.17. The smallest absolute Gasteiger partial charge is 0.254 e. The maximum atomic E-state index is 13.4. The minimum absolute atomic E-state index is 0.00906. The van der Waals surface area contributed by atoms with Gasteiger partial charge in [-0.1, -0.05) is 0 Å². The first kappa shape index (κ1) is 17.8. The molecule has 0 aliphatic carbocycles. The van der Waals surface area contributed by atoms with Gasteiger partial charge in [-0.25, -0.2) is 8.78 Å². The number of likely N-dealkylation sites (tertiary alicyclic amines) is 1. The van der Waals surface area contributed by atoms with Crippen LogP contribution in [0.2, 0.25) is 0 Å². The van der Waals surface area contributed by atoms with Gasteiger partial charge in [-0.2, -0.15) is 0 Å². The van der Waals surface area contributed by atoms with Crippen molar-refractivity contribution in [3.05, 3.63) is 35.4 Å². The van der Waals surface area contributed by atoms with E-state index in [-0.39, 0.29) is 31.0 Å². The summed E-state index contributed by atoms with van der Waals surface area (Å²) in [5.74, 6) is -3.09. The minimum Gasteiger partial charge on any atom is -0.354 e. The highest BCUT2D eigenvalue weighted by Crippen LogP contribution is 2.09. The zero-order valence-electron chi connectivity index (χ0n) is 13.1. The van der Waals surface area contributed by atoms with Gasteiger partial charge in [0.25, 0.3) is 5.91 Å². The molecule has 0 saturated carbocycles. The normalized spacial score (nSPS) is 13.7. The fraction of sp³-hybridized carbons (Fsp3) is 0.438. The van der Waals surface area contributed by atoms with E-state index in [1.165, 1.54) is 0 Å². The van der Waals surface area contributed by atoms with E-state index in [9.17, 15) is 23.2 Å². The van der Waals surface area contributed by atoms with Crippen molar-refractivity contribution in [2.24, 2.45) is 0 Å². The van der Waals surface area contributed by atoms with Crippen molar-refractivity contribution in [1.29, 1.82) is 0 Å². The molecule has 1 aliphatic rings. The molecular formula is C16H19F2N3O3. The van der Waals surface area contributed by atoms with Gasteiger partial charge >= 0.3 is 0 Å². The molecule has 6 nitrogen and oxygen atoms in total. The van der Waals surface area contributed by atoms with Crippen molar-refractivity contribution in [2.45, 2.75) is 19.3 Å². The van der Waals surface area contributed by atoms with Gasteiger partial charge in [0.05, 0.1) is 12.1 Å². The molecule has 1 fully saturated rings. The molecule has 0 spiro atoms. The van der Waals surface area contributed by atoms with E-state index in [2.05, 4.69) is 10.6 Å². The molecule has 0 aromatic heterocycles. The second kappa shape index (κ2) is 8.37. The summed E-state index contributed by atoms with van der Waals surface area (Å²) in [5.41, 5.74) is -0.339. The minimum atomic E-state index is -0.996. The van der Waals surface area contributed by atoms with Crippen LogP contribution in [0.15, 0.2) is 18.2 Å². The summed E-state index contributed by atoms with van der Waals surface area (Å²) in [6, 6.07) is 2.56. The van der Waals surface area contributed by atoms with Crippen LogP contribution in [-0.4, -0.2) is 48.8 Å². The van der Waals surface area contributed by atoms with E-state index in [1.807, 2.05) is 0 Å². The topological polar surface area (TPSA) is 78.5 Å². The zero-order valence-corrected chi connectivity index (χ0v) is 13.1. The molecule has 0 bridgehead atoms. The monoisotopic (exact) mass is 339 g/mol. The molecule has 1 aromatic carbocycles. The Morgan fingerprint density at radius 1 is 1.08 bits per heavy atom. The maximum Gasteiger partial charge on any atom is 0.254 e. The molecule has 1 aliphatic heterocycles. The summed E-state index contributed by atoms with van der Waals surface area (Å²) in [4.78, 5) is 36.9. The number of amides is 3. The molecule has 2 rings (SSSR count). The largest absolute Gasteiger partial charge is 0.354 e. The van der Waals surface area contributed by atoms with Crippen LogP contribution in [0, 0.1) is 11.6 Å². The first-order valence-corrected chi connectivity index (χ1v) is 7.75. The van der Waals surface area contributed by atoms with Crippen molar-refractivity contribution in [3.63, 3.8) is 0 Å². The molecule has 1 heterocycles. The molecule has 0 atom stereocenters. The van der Waals surface area contributed by atoms with E-state index in [4.69, 9.17) is 0 Å². The van der Waals surface area contributed by atoms with Crippen LogP contribution >= 0.6 is 0 Å². The lowest BCUT2D eigenvalue weighted by Crippen LogP contribution is -2.39. The number of carbonyl (C=O) groups is 3. The quantitative estimate of drug-likeness (QED) is 0.806. The van der Waals surface area contributed by atoms with Crippen molar-refractivity contribution < 1.29 is 23.2 Å². The predicted molar refractivity (Wildman–Crippen MR) is 82.1 cm³/mol. The third-order valence-corrected chi connectivity index (χ3v) is 3.71. The lowest BCUT2D eigenvalue weighted by Gasteiger charge is -2.15. The Bertz CT molecular complexity index is 631. The van der Waals surface area contributed by atoms with Gasteiger partial charge in [0, 0.05) is 32.1 Å². The Labute approximate surface area is 138 Å². The Kier molecular flexibility index (Phi) is 6.22. The van der Waals surface area contributed by atoms with Crippen molar-refractivity contribution in [3.8, 4) is 0 Å². The molecule has 0 radical (unpaired) electrons. The fourth-order valence-corrected chi connectivity index (χ4v) is 2.43. The van der Waals surface area contributed by atoms with E-state index >= 15 is 0 Å². The van der Waals surface area contributed by atoms with Crippen LogP contribution < -0.4 is 10.6 Å². The second-order valence-electron chi connectivity index (χ2n) is 5.49. The number of rotatable bonds is 6. The van der Waals surface area contributed by atoms with E-state index < -0.39 is 23.4 Å². The maximum absolute atomic E-state index is 13.4. The van der Waals surface area contributed by atoms with Gasteiger partial charge in [-0.3, -0.25) is 14.4 Å². The van der Waals surface area contributed by atoms with Gasteiger partial charge < -0.3 is 15.5 Å². The second-order valence-corrected chi connectivity index (χ2v) is 5.49. The lowest BCUT2D eigenvalue weighted by molar-refractivity contribution is -0.130. The lowest BCUT2D eigenvalue weighted by atomic mass is 10.2. The number of hydrogen-bond acceptors (Lipinski definition) is 3. The Hall–Kier alpha value is -2.51. The summed E-state index contributed by atoms with van der Waals surface area (Å²) in [6.45, 7) is 1.33. The van der Waals surface area contributed by atoms with Crippen molar-refractivity contribution in [1.82, 2.24) is 15.5 Å². The molecule has 0 unspecified atom stereocenters. The highest BCUT2D eigenvalue weighted by molar-refractivity contribution is 5.96. The van der Waals surface area contributed by atoms with Gasteiger partial charge in [0.15, 0.2) is 0 Å². The van der Waals surface area contributed by atoms with E-state index in [0.29, 0.717) is 6.07 Å². The Morgan fingerprint density at radius 3 is 2.46 bits per heavy atom. The molecule has 130 valence electrons. The number of nitrogens with one attached hydrogen (secondary N) is 2. The summed E-state index contributed by atoms with van der Waals surface area (Å²) >= 11 is 0. The first-order valence-electron chi connectivity index (χ1n) is 7.75. The third kappa shape index (κ3) is 5.00. The highest BCUT2D eigenvalue weighted by atomic mass is 19.1. The summed E-state index contributed by atoms with van der Waals surface area (Å²) in [5, 5.41) is 4.76. The van der Waals surface area contributed by atoms with Crippen molar-refractivity contribution in [2.75, 3.05) is 26.2 Å². The molecule has 2 N–H and O–H groups in total. The van der Waals surface area contributed by atoms with Gasteiger partial charge in [-0.15, -0.1) is 0 Å². The molecule has 24 heavy (non-hydrogen) atoms. The fourth-order valence-electron chi connectivity index (χ4n) is 2.43. The van der Waals surface area contributed by atoms with Crippen LogP contribution in [0.5, 0.6) is 0 Å². The molecular weight excluding hydrogens is 320 g/mol. The van der Waals surface area contributed by atoms with E-state index in [1.54, 1.807) is 4.90 Å². The van der Waals surface area contributed by atoms with Gasteiger partial charge in [0.2, 0.25) is 11.8 Å². The van der Waals surface area contributed by atoms with Crippen LogP contribution in [-0.2, 0) is 9.59 Å². The number of hydrogen-bond donors (Lipinski definition) is 2. The number of nitrogens with zero attached hydrogens (tertiary/aromatic N) is 1. The van der Waals surface area contributed by atoms with Gasteiger partial charge in [-0.05, 0) is 25.0 Å². The number of halogens is 2. The molecule has 8 heteroatoms. The van der Waals surface area contributed by atoms with Crippen LogP contribution in [0.1, 0.15) is 29.6 Å². The number of benzene rings is 1. The summed E-state index contributed by atoms with van der Waals surface area (Å²) in [7, 11) is 0. The zero-order chi connectivity index (χ0) is 17.5. The SMILES string of the molecule is O=C(CNC(=O)c1ccc(F)cc1F)NCCC(=O)N1CCCC1. The van der Waals surface area contributed by atoms with E-state index in [0.717, 1.165) is 38.1 Å². The predicted octanol–water partition coefficient (Wildman–Crippen LogP) is 0.823. The van der Waals surface area contributed by atoms with Crippen LogP contribution in [0.3, 0.4) is 0 Å². The average molecular weight is 339 g/mol. The van der Waals surface area contributed by atoms with Crippen LogP contribution in [0.25, 0.3) is 0 Å². The molecule has 3 amide bonds. The first-order chi connectivity index (χ1) is 11.5. The average Bonchev–Trinajstić information content (AvgIpc) is 3.07. The summed E-state index contributed by atoms with van der Waals surface area (Å²) < 4.78 is 26.2.